The summed E-state index contributed by atoms with van der Waals surface area (Å²) in [6.07, 6.45) is 0. The smallest absolute Gasteiger partial charge is 0.234 e. The van der Waals surface area contributed by atoms with Gasteiger partial charge in [0.1, 0.15) is 0 Å². The van der Waals surface area contributed by atoms with Crippen molar-refractivity contribution in [2.45, 2.75) is 18.6 Å². The van der Waals surface area contributed by atoms with Crippen LogP contribution in [0, 0.1) is 6.92 Å². The first-order chi connectivity index (χ1) is 14.7. The summed E-state index contributed by atoms with van der Waals surface area (Å²) in [7, 11) is 0. The van der Waals surface area contributed by atoms with Crippen LogP contribution in [0.25, 0.3) is 11.4 Å². The zero-order valence-electron chi connectivity index (χ0n) is 16.7. The summed E-state index contributed by atoms with van der Waals surface area (Å²) in [5, 5.41) is 12.5. The molecule has 0 spiro atoms. The lowest BCUT2D eigenvalue weighted by Crippen LogP contribution is -2.14. The van der Waals surface area contributed by atoms with Crippen LogP contribution in [0.3, 0.4) is 0 Å². The van der Waals surface area contributed by atoms with Gasteiger partial charge in [-0.1, -0.05) is 84.1 Å². The highest BCUT2D eigenvalue weighted by Crippen LogP contribution is 2.26. The second-order valence-corrected chi connectivity index (χ2v) is 7.89. The van der Waals surface area contributed by atoms with Crippen LogP contribution in [0.4, 0.5) is 5.69 Å². The van der Waals surface area contributed by atoms with Crippen molar-refractivity contribution in [1.29, 1.82) is 0 Å². The number of amides is 1. The Morgan fingerprint density at radius 3 is 2.40 bits per heavy atom. The first-order valence-corrected chi connectivity index (χ1v) is 10.7. The van der Waals surface area contributed by atoms with Gasteiger partial charge in [-0.2, -0.15) is 0 Å². The number of benzene rings is 3. The number of hydrogen-bond donors (Lipinski definition) is 1. The Balaban J connectivity index is 1.56. The highest BCUT2D eigenvalue weighted by Gasteiger charge is 2.16. The Hall–Kier alpha value is -3.38. The highest BCUT2D eigenvalue weighted by atomic mass is 32.2. The number of thioether (sulfide) groups is 1. The molecule has 5 nitrogen and oxygen atoms in total. The molecule has 1 aromatic heterocycles. The quantitative estimate of drug-likeness (QED) is 0.431. The Kier molecular flexibility index (Phi) is 6.25. The van der Waals surface area contributed by atoms with E-state index in [0.717, 1.165) is 27.8 Å². The van der Waals surface area contributed by atoms with Crippen molar-refractivity contribution in [1.82, 2.24) is 14.8 Å². The van der Waals surface area contributed by atoms with E-state index in [9.17, 15) is 4.79 Å². The van der Waals surface area contributed by atoms with Gasteiger partial charge in [0.15, 0.2) is 11.0 Å². The summed E-state index contributed by atoms with van der Waals surface area (Å²) in [5.74, 6) is 0.987. The van der Waals surface area contributed by atoms with E-state index in [0.29, 0.717) is 6.54 Å². The predicted octanol–water partition coefficient (Wildman–Crippen LogP) is 5.03. The molecule has 0 saturated heterocycles. The average molecular weight is 415 g/mol. The maximum atomic E-state index is 12.4. The molecule has 0 bridgehead atoms. The van der Waals surface area contributed by atoms with E-state index < -0.39 is 0 Å². The zero-order valence-corrected chi connectivity index (χ0v) is 17.5. The number of aryl methyl sites for hydroxylation is 1. The maximum absolute atomic E-state index is 12.4. The summed E-state index contributed by atoms with van der Waals surface area (Å²) in [4.78, 5) is 12.4. The minimum absolute atomic E-state index is 0.0717. The van der Waals surface area contributed by atoms with E-state index in [-0.39, 0.29) is 11.7 Å². The molecule has 0 fully saturated rings. The number of hydrogen-bond acceptors (Lipinski definition) is 4. The molecule has 0 radical (unpaired) electrons. The summed E-state index contributed by atoms with van der Waals surface area (Å²) in [6.45, 7) is 2.70. The van der Waals surface area contributed by atoms with E-state index >= 15 is 0 Å². The fourth-order valence-electron chi connectivity index (χ4n) is 3.15. The van der Waals surface area contributed by atoms with Crippen LogP contribution in [-0.4, -0.2) is 26.4 Å². The molecule has 6 heteroatoms. The minimum atomic E-state index is -0.0717. The summed E-state index contributed by atoms with van der Waals surface area (Å²) in [5.41, 5.74) is 4.12. The number of carbonyl (C=O) groups excluding carboxylic acids is 1. The van der Waals surface area contributed by atoms with E-state index in [2.05, 4.69) is 51.3 Å². The Morgan fingerprint density at radius 1 is 0.933 bits per heavy atom. The van der Waals surface area contributed by atoms with Crippen LogP contribution in [0.5, 0.6) is 0 Å². The molecule has 1 N–H and O–H groups in total. The van der Waals surface area contributed by atoms with Crippen molar-refractivity contribution in [2.24, 2.45) is 0 Å². The molecule has 0 aliphatic heterocycles. The SMILES string of the molecule is Cc1cccc(-c2nnc(SCC(=O)Nc3ccccc3)n2Cc2ccccc2)c1. The van der Waals surface area contributed by atoms with Gasteiger partial charge >= 0.3 is 0 Å². The molecule has 1 amide bonds. The lowest BCUT2D eigenvalue weighted by molar-refractivity contribution is -0.113. The first kappa shape index (κ1) is 19.9. The monoisotopic (exact) mass is 414 g/mol. The minimum Gasteiger partial charge on any atom is -0.325 e. The molecular formula is C24H22N4OS. The van der Waals surface area contributed by atoms with Gasteiger partial charge in [-0.05, 0) is 30.7 Å². The zero-order chi connectivity index (χ0) is 20.8. The van der Waals surface area contributed by atoms with Gasteiger partial charge in [-0.25, -0.2) is 0 Å². The number of aromatic nitrogens is 3. The molecule has 1 heterocycles. The number of nitrogens with zero attached hydrogens (tertiary/aromatic N) is 3. The van der Waals surface area contributed by atoms with E-state index in [1.165, 1.54) is 17.3 Å². The molecule has 30 heavy (non-hydrogen) atoms. The Labute approximate surface area is 180 Å². The molecule has 0 aliphatic carbocycles. The second kappa shape index (κ2) is 9.41. The molecule has 4 rings (SSSR count). The average Bonchev–Trinajstić information content (AvgIpc) is 3.16. The third-order valence-electron chi connectivity index (χ3n) is 4.57. The molecular weight excluding hydrogens is 392 g/mol. The number of para-hydroxylation sites is 1. The Bertz CT molecular complexity index is 1130. The molecule has 0 aliphatic rings. The van der Waals surface area contributed by atoms with Crippen LogP contribution >= 0.6 is 11.8 Å². The molecule has 150 valence electrons. The van der Waals surface area contributed by atoms with Crippen molar-refractivity contribution in [3.05, 3.63) is 96.1 Å². The molecule has 0 atom stereocenters. The van der Waals surface area contributed by atoms with Crippen molar-refractivity contribution in [3.8, 4) is 11.4 Å². The maximum Gasteiger partial charge on any atom is 0.234 e. The standard InChI is InChI=1S/C24H22N4OS/c1-18-9-8-12-20(15-18)23-26-27-24(28(23)16-19-10-4-2-5-11-19)30-17-22(29)25-21-13-6-3-7-14-21/h2-15H,16-17H2,1H3,(H,25,29). The van der Waals surface area contributed by atoms with E-state index in [1.54, 1.807) is 0 Å². The predicted molar refractivity (Wildman–Crippen MR) is 122 cm³/mol. The molecule has 4 aromatic rings. The van der Waals surface area contributed by atoms with Gasteiger partial charge in [-0.3, -0.25) is 9.36 Å². The lowest BCUT2D eigenvalue weighted by Gasteiger charge is -2.11. The van der Waals surface area contributed by atoms with Gasteiger partial charge in [0.25, 0.3) is 0 Å². The largest absolute Gasteiger partial charge is 0.325 e. The normalized spacial score (nSPS) is 10.7. The molecule has 0 saturated carbocycles. The lowest BCUT2D eigenvalue weighted by atomic mass is 10.1. The highest BCUT2D eigenvalue weighted by molar-refractivity contribution is 7.99. The van der Waals surface area contributed by atoms with Crippen LogP contribution in [0.1, 0.15) is 11.1 Å². The molecule has 0 unspecified atom stereocenters. The van der Waals surface area contributed by atoms with E-state index in [1.807, 2.05) is 60.7 Å². The van der Waals surface area contributed by atoms with Crippen molar-refractivity contribution in [3.63, 3.8) is 0 Å². The van der Waals surface area contributed by atoms with Gasteiger partial charge < -0.3 is 5.32 Å². The van der Waals surface area contributed by atoms with Crippen LogP contribution in [0.2, 0.25) is 0 Å². The summed E-state index contributed by atoms with van der Waals surface area (Å²) >= 11 is 1.39. The van der Waals surface area contributed by atoms with Gasteiger partial charge in [0, 0.05) is 11.3 Å². The number of anilines is 1. The second-order valence-electron chi connectivity index (χ2n) is 6.95. The first-order valence-electron chi connectivity index (χ1n) is 9.71. The third kappa shape index (κ3) is 4.96. The van der Waals surface area contributed by atoms with Crippen LogP contribution in [0.15, 0.2) is 90.1 Å². The van der Waals surface area contributed by atoms with Crippen molar-refractivity contribution >= 4 is 23.4 Å². The number of nitrogens with one attached hydrogen (secondary N) is 1. The van der Waals surface area contributed by atoms with Gasteiger partial charge in [-0.15, -0.1) is 10.2 Å². The number of rotatable bonds is 7. The topological polar surface area (TPSA) is 59.8 Å². The van der Waals surface area contributed by atoms with Crippen LogP contribution < -0.4 is 5.32 Å². The van der Waals surface area contributed by atoms with Gasteiger partial charge in [0.05, 0.1) is 12.3 Å². The third-order valence-corrected chi connectivity index (χ3v) is 5.53. The van der Waals surface area contributed by atoms with Crippen molar-refractivity contribution in [2.75, 3.05) is 11.1 Å². The summed E-state index contributed by atoms with van der Waals surface area (Å²) < 4.78 is 2.07. The van der Waals surface area contributed by atoms with Gasteiger partial charge in [0.2, 0.25) is 5.91 Å². The molecule has 3 aromatic carbocycles. The fraction of sp³-hybridized carbons (Fsp3) is 0.125. The number of carbonyl (C=O) groups is 1. The fourth-order valence-corrected chi connectivity index (χ4v) is 3.89. The summed E-state index contributed by atoms with van der Waals surface area (Å²) in [6, 6.07) is 27.9. The van der Waals surface area contributed by atoms with E-state index in [4.69, 9.17) is 0 Å². The van der Waals surface area contributed by atoms with Crippen LogP contribution in [-0.2, 0) is 11.3 Å². The Morgan fingerprint density at radius 2 is 1.67 bits per heavy atom. The van der Waals surface area contributed by atoms with Crippen molar-refractivity contribution < 1.29 is 4.79 Å².